The van der Waals surface area contributed by atoms with Gasteiger partial charge < -0.3 is 41.7 Å². The van der Waals surface area contributed by atoms with Crippen molar-refractivity contribution in [1.82, 2.24) is 9.88 Å². The summed E-state index contributed by atoms with van der Waals surface area (Å²) >= 11 is 0. The van der Waals surface area contributed by atoms with E-state index in [1.807, 2.05) is 24.3 Å². The lowest BCUT2D eigenvalue weighted by molar-refractivity contribution is -0.144. The highest BCUT2D eigenvalue weighted by Gasteiger charge is 2.42. The predicted molar refractivity (Wildman–Crippen MR) is 151 cm³/mol. The number of hydrogen-bond acceptors (Lipinski definition) is 10. The number of methoxy groups -OCH3 is 1. The van der Waals surface area contributed by atoms with Crippen LogP contribution in [0.1, 0.15) is 37.4 Å². The first-order chi connectivity index (χ1) is 19.8. The van der Waals surface area contributed by atoms with E-state index in [1.165, 1.54) is 6.42 Å². The second-order valence-electron chi connectivity index (χ2n) is 10.1. The van der Waals surface area contributed by atoms with Crippen molar-refractivity contribution in [1.29, 1.82) is 0 Å². The summed E-state index contributed by atoms with van der Waals surface area (Å²) in [5.41, 5.74) is 11.5. The SMILES string of the molecule is C=CC1CN2CCC1CC2C(O)c1ccnc2ccc(OC)cc12.N[C@@H](CC(=O)O)C(=O)O.N[C@@H](CC(=O)O)C(=O)O. The van der Waals surface area contributed by atoms with Crippen LogP contribution in [0.4, 0.5) is 0 Å². The number of aromatic nitrogens is 1. The van der Waals surface area contributed by atoms with Crippen molar-refractivity contribution in [3.8, 4) is 5.75 Å². The summed E-state index contributed by atoms with van der Waals surface area (Å²) in [4.78, 5) is 46.1. The lowest BCUT2D eigenvalue weighted by atomic mass is 9.73. The lowest BCUT2D eigenvalue weighted by Crippen LogP contribution is -2.54. The highest BCUT2D eigenvalue weighted by Crippen LogP contribution is 2.42. The van der Waals surface area contributed by atoms with Crippen molar-refractivity contribution in [3.05, 3.63) is 48.7 Å². The van der Waals surface area contributed by atoms with E-state index in [4.69, 9.17) is 36.6 Å². The van der Waals surface area contributed by atoms with Gasteiger partial charge in [-0.25, -0.2) is 0 Å². The Labute approximate surface area is 242 Å². The number of hydrogen-bond donors (Lipinski definition) is 7. The van der Waals surface area contributed by atoms with Crippen LogP contribution < -0.4 is 16.2 Å². The summed E-state index contributed by atoms with van der Waals surface area (Å²) in [5.74, 6) is -2.99. The molecule has 2 bridgehead atoms. The molecule has 3 aliphatic heterocycles. The minimum Gasteiger partial charge on any atom is -0.497 e. The molecule has 9 N–H and O–H groups in total. The van der Waals surface area contributed by atoms with Gasteiger partial charge in [0.15, 0.2) is 0 Å². The highest BCUT2D eigenvalue weighted by molar-refractivity contribution is 5.84. The zero-order valence-corrected chi connectivity index (χ0v) is 23.2. The van der Waals surface area contributed by atoms with Crippen molar-refractivity contribution in [2.45, 2.75) is 49.9 Å². The van der Waals surface area contributed by atoms with Gasteiger partial charge in [-0.15, -0.1) is 6.58 Å². The van der Waals surface area contributed by atoms with Crippen LogP contribution in [0.2, 0.25) is 0 Å². The van der Waals surface area contributed by atoms with Crippen LogP contribution in [0, 0.1) is 11.8 Å². The van der Waals surface area contributed by atoms with Gasteiger partial charge in [0.1, 0.15) is 17.8 Å². The number of rotatable bonds is 10. The summed E-state index contributed by atoms with van der Waals surface area (Å²) in [6, 6.07) is 5.38. The molecule has 5 unspecified atom stereocenters. The molecule has 14 heteroatoms. The van der Waals surface area contributed by atoms with Crippen LogP contribution in [0.25, 0.3) is 10.9 Å². The maximum atomic E-state index is 11.2. The molecular weight excluding hydrogens is 552 g/mol. The van der Waals surface area contributed by atoms with E-state index in [2.05, 4.69) is 22.5 Å². The molecule has 0 aliphatic carbocycles. The maximum absolute atomic E-state index is 11.2. The Kier molecular flexibility index (Phi) is 12.8. The van der Waals surface area contributed by atoms with Gasteiger partial charge in [0.05, 0.1) is 31.6 Å². The Hall–Kier alpha value is -4.11. The number of benzene rings is 1. The third-order valence-corrected chi connectivity index (χ3v) is 7.24. The molecule has 0 radical (unpaired) electrons. The molecule has 0 saturated carbocycles. The molecule has 230 valence electrons. The number of aliphatic hydroxyl groups is 1. The van der Waals surface area contributed by atoms with Crippen LogP contribution >= 0.6 is 0 Å². The number of piperidine rings is 3. The number of ether oxygens (including phenoxy) is 1. The third kappa shape index (κ3) is 9.48. The van der Waals surface area contributed by atoms with E-state index in [0.29, 0.717) is 11.8 Å². The molecule has 14 nitrogen and oxygen atoms in total. The van der Waals surface area contributed by atoms with Crippen LogP contribution in [0.15, 0.2) is 43.1 Å². The average molecular weight is 591 g/mol. The third-order valence-electron chi connectivity index (χ3n) is 7.24. The molecule has 2 aromatic rings. The monoisotopic (exact) mass is 590 g/mol. The molecule has 3 saturated heterocycles. The molecule has 4 heterocycles. The van der Waals surface area contributed by atoms with Gasteiger partial charge in [-0.1, -0.05) is 6.08 Å². The van der Waals surface area contributed by atoms with E-state index in [-0.39, 0.29) is 6.04 Å². The standard InChI is InChI=1S/C20H24N2O2.2C4H7NO4/c1-3-13-12-22-9-7-14(13)10-19(22)20(23)16-6-8-21-18-5-4-15(24-2)11-17(16)18;2*5-2(4(8)9)1-3(6)7/h3-6,8,11,13-14,19-20,23H,1,7,9-10,12H2,2H3;2*2H,1,5H2,(H,6,7)(H,8,9)/t;2*2-/m.00/s1. The van der Waals surface area contributed by atoms with E-state index < -0.39 is 54.9 Å². The molecular formula is C28H38N4O10. The summed E-state index contributed by atoms with van der Waals surface area (Å²) in [6.07, 6.45) is 4.56. The molecule has 5 rings (SSSR count). The molecule has 42 heavy (non-hydrogen) atoms. The van der Waals surface area contributed by atoms with Gasteiger partial charge in [-0.3, -0.25) is 29.1 Å². The number of aliphatic hydroxyl groups excluding tert-OH is 1. The van der Waals surface area contributed by atoms with Crippen molar-refractivity contribution in [3.63, 3.8) is 0 Å². The summed E-state index contributed by atoms with van der Waals surface area (Å²) < 4.78 is 5.35. The van der Waals surface area contributed by atoms with Crippen LogP contribution in [0.3, 0.4) is 0 Å². The molecule has 3 aliphatic rings. The number of fused-ring (bicyclic) bond motifs is 4. The number of carboxylic acids is 4. The van der Waals surface area contributed by atoms with Crippen molar-refractivity contribution in [2.75, 3.05) is 20.2 Å². The summed E-state index contributed by atoms with van der Waals surface area (Å²) in [5, 5.41) is 44.2. The first-order valence-corrected chi connectivity index (χ1v) is 13.2. The van der Waals surface area contributed by atoms with Crippen LogP contribution in [-0.2, 0) is 19.2 Å². The zero-order valence-electron chi connectivity index (χ0n) is 23.2. The van der Waals surface area contributed by atoms with Crippen molar-refractivity contribution < 1.29 is 49.4 Å². The Morgan fingerprint density at radius 2 is 1.67 bits per heavy atom. The van der Waals surface area contributed by atoms with Crippen LogP contribution in [0.5, 0.6) is 5.75 Å². The molecule has 1 aromatic carbocycles. The Morgan fingerprint density at radius 1 is 1.07 bits per heavy atom. The smallest absolute Gasteiger partial charge is 0.321 e. The number of carboxylic acid groups (broad SMARTS) is 4. The van der Waals surface area contributed by atoms with E-state index in [9.17, 15) is 24.3 Å². The fourth-order valence-electron chi connectivity index (χ4n) is 5.00. The van der Waals surface area contributed by atoms with Gasteiger partial charge in [-0.2, -0.15) is 0 Å². The number of nitrogens with two attached hydrogens (primary N) is 2. The fraction of sp³-hybridized carbons (Fsp3) is 0.464. The molecule has 0 spiro atoms. The molecule has 1 aromatic heterocycles. The van der Waals surface area contributed by atoms with Gasteiger partial charge >= 0.3 is 23.9 Å². The maximum Gasteiger partial charge on any atom is 0.321 e. The number of carbonyl (C=O) groups is 4. The predicted octanol–water partition coefficient (Wildman–Crippen LogP) is 0.919. The normalized spacial score (nSPS) is 22.7. The molecule has 3 fully saturated rings. The summed E-state index contributed by atoms with van der Waals surface area (Å²) in [6.45, 7) is 6.07. The average Bonchev–Trinajstić information content (AvgIpc) is 2.96. The van der Waals surface area contributed by atoms with Gasteiger partial charge in [0.25, 0.3) is 0 Å². The number of aliphatic carboxylic acids is 4. The second-order valence-corrected chi connectivity index (χ2v) is 10.1. The van der Waals surface area contributed by atoms with E-state index in [0.717, 1.165) is 41.7 Å². The molecule has 7 atom stereocenters. The Bertz CT molecular complexity index is 1240. The minimum atomic E-state index is -1.29. The largest absolute Gasteiger partial charge is 0.497 e. The van der Waals surface area contributed by atoms with Gasteiger partial charge in [-0.05, 0) is 61.1 Å². The van der Waals surface area contributed by atoms with E-state index >= 15 is 0 Å². The number of nitrogens with zero attached hydrogens (tertiary/aromatic N) is 2. The topological polar surface area (TPSA) is 247 Å². The van der Waals surface area contributed by atoms with Crippen molar-refractivity contribution in [2.24, 2.45) is 23.3 Å². The highest BCUT2D eigenvalue weighted by atomic mass is 16.5. The first-order valence-electron chi connectivity index (χ1n) is 13.2. The Balaban J connectivity index is 0.000000284. The minimum absolute atomic E-state index is 0.178. The fourth-order valence-corrected chi connectivity index (χ4v) is 5.00. The Morgan fingerprint density at radius 3 is 2.10 bits per heavy atom. The van der Waals surface area contributed by atoms with Gasteiger partial charge in [0, 0.05) is 24.2 Å². The molecule has 0 amide bonds. The van der Waals surface area contributed by atoms with Crippen molar-refractivity contribution >= 4 is 34.8 Å². The van der Waals surface area contributed by atoms with Crippen LogP contribution in [-0.4, -0.2) is 97.6 Å². The first kappa shape index (κ1) is 34.1. The van der Waals surface area contributed by atoms with Gasteiger partial charge in [0.2, 0.25) is 0 Å². The lowest BCUT2D eigenvalue weighted by Gasteiger charge is -2.50. The second kappa shape index (κ2) is 15.8. The quantitative estimate of drug-likeness (QED) is 0.190. The number of pyridine rings is 1. The summed E-state index contributed by atoms with van der Waals surface area (Å²) in [7, 11) is 1.66. The zero-order chi connectivity index (χ0) is 31.6. The van der Waals surface area contributed by atoms with E-state index in [1.54, 1.807) is 13.3 Å².